The Morgan fingerprint density at radius 2 is 1.77 bits per heavy atom. The number of benzene rings is 1. The highest BCUT2D eigenvalue weighted by atomic mass is 19.1. The Morgan fingerprint density at radius 1 is 1.12 bits per heavy atom. The number of aliphatic imine (C=N–C) groups is 1. The second-order valence-corrected chi connectivity index (χ2v) is 7.06. The number of nitrogens with zero attached hydrogens (tertiary/aromatic N) is 3. The van der Waals surface area contributed by atoms with Gasteiger partial charge in [0, 0.05) is 43.0 Å². The Morgan fingerprint density at radius 3 is 2.35 bits per heavy atom. The van der Waals surface area contributed by atoms with E-state index in [9.17, 15) is 14.0 Å². The van der Waals surface area contributed by atoms with Crippen molar-refractivity contribution in [1.82, 2.24) is 9.80 Å². The number of amides is 1. The molecular weight excluding hydrogens is 333 g/mol. The first-order valence-corrected chi connectivity index (χ1v) is 8.99. The molecule has 1 aromatic rings. The van der Waals surface area contributed by atoms with E-state index >= 15 is 0 Å². The lowest BCUT2D eigenvalue weighted by Crippen LogP contribution is -2.50. The minimum absolute atomic E-state index is 0.0294. The Balaban J connectivity index is 1.50. The van der Waals surface area contributed by atoms with Crippen LogP contribution < -0.4 is 0 Å². The summed E-state index contributed by atoms with van der Waals surface area (Å²) in [4.78, 5) is 33.2. The van der Waals surface area contributed by atoms with Gasteiger partial charge in [0.25, 0.3) is 5.91 Å². The van der Waals surface area contributed by atoms with Gasteiger partial charge in [-0.2, -0.15) is 0 Å². The molecule has 26 heavy (non-hydrogen) atoms. The van der Waals surface area contributed by atoms with E-state index in [0.717, 1.165) is 11.3 Å². The molecule has 0 spiro atoms. The fraction of sp³-hybridized carbons (Fsp3) is 0.450. The average molecular weight is 357 g/mol. The van der Waals surface area contributed by atoms with Gasteiger partial charge >= 0.3 is 0 Å². The predicted molar refractivity (Wildman–Crippen MR) is 99.0 cm³/mol. The van der Waals surface area contributed by atoms with Crippen LogP contribution in [-0.2, 0) is 4.79 Å². The molecule has 1 saturated heterocycles. The van der Waals surface area contributed by atoms with Crippen molar-refractivity contribution < 1.29 is 14.0 Å². The minimum atomic E-state index is -0.348. The molecule has 1 amide bonds. The van der Waals surface area contributed by atoms with Gasteiger partial charge in [-0.1, -0.05) is 13.8 Å². The Labute approximate surface area is 153 Å². The molecule has 2 heterocycles. The van der Waals surface area contributed by atoms with Gasteiger partial charge in [-0.3, -0.25) is 19.5 Å². The molecule has 0 atom stereocenters. The highest BCUT2D eigenvalue weighted by Gasteiger charge is 2.26. The largest absolute Gasteiger partial charge is 0.336 e. The third-order valence-corrected chi connectivity index (χ3v) is 4.81. The predicted octanol–water partition coefficient (Wildman–Crippen LogP) is 2.19. The van der Waals surface area contributed by atoms with Crippen LogP contribution in [0.4, 0.5) is 4.39 Å². The van der Waals surface area contributed by atoms with Crippen LogP contribution in [0.3, 0.4) is 0 Å². The zero-order chi connectivity index (χ0) is 18.7. The topological polar surface area (TPSA) is 53.0 Å². The lowest BCUT2D eigenvalue weighted by atomic mass is 10.1. The van der Waals surface area contributed by atoms with Crippen LogP contribution in [-0.4, -0.2) is 66.5 Å². The molecule has 3 rings (SSSR count). The summed E-state index contributed by atoms with van der Waals surface area (Å²) in [5, 5.41) is 0. The van der Waals surface area contributed by atoms with Crippen LogP contribution in [0.25, 0.3) is 0 Å². The normalized spacial score (nSPS) is 18.1. The van der Waals surface area contributed by atoms with Crippen molar-refractivity contribution in [2.75, 3.05) is 39.3 Å². The smallest absolute Gasteiger partial charge is 0.251 e. The maximum atomic E-state index is 13.0. The number of Topliss-reactive ketones (excluding diaryl/α,β-unsaturated/α-hetero) is 1. The van der Waals surface area contributed by atoms with Gasteiger partial charge in [-0.25, -0.2) is 4.39 Å². The highest BCUT2D eigenvalue weighted by molar-refractivity contribution is 6.07. The Hall–Kier alpha value is -2.34. The van der Waals surface area contributed by atoms with Crippen molar-refractivity contribution in [3.63, 3.8) is 0 Å². The molecule has 138 valence electrons. The van der Waals surface area contributed by atoms with Crippen molar-refractivity contribution in [3.8, 4) is 0 Å². The van der Waals surface area contributed by atoms with Gasteiger partial charge in [0.1, 0.15) is 5.82 Å². The van der Waals surface area contributed by atoms with E-state index < -0.39 is 0 Å². The molecule has 0 N–H and O–H groups in total. The van der Waals surface area contributed by atoms with E-state index in [-0.39, 0.29) is 24.1 Å². The molecule has 1 fully saturated rings. The number of carbonyl (C=O) groups excluding carboxylic acids is 2. The maximum Gasteiger partial charge on any atom is 0.251 e. The summed E-state index contributed by atoms with van der Waals surface area (Å²) in [5.74, 6) is 0.00119. The number of halogens is 1. The van der Waals surface area contributed by atoms with Crippen molar-refractivity contribution >= 4 is 17.4 Å². The van der Waals surface area contributed by atoms with Gasteiger partial charge in [0.15, 0.2) is 5.78 Å². The van der Waals surface area contributed by atoms with E-state index in [4.69, 9.17) is 0 Å². The van der Waals surface area contributed by atoms with Crippen LogP contribution >= 0.6 is 0 Å². The minimum Gasteiger partial charge on any atom is -0.336 e. The molecule has 5 nitrogen and oxygen atoms in total. The van der Waals surface area contributed by atoms with Gasteiger partial charge < -0.3 is 4.90 Å². The SMILES string of the molecule is CC(C)C1=NCC(C(=O)N2CCN(CC(=O)c3ccc(F)cc3)CC2)=C1. The van der Waals surface area contributed by atoms with Gasteiger partial charge in [0.2, 0.25) is 0 Å². The number of hydrogen-bond acceptors (Lipinski definition) is 4. The number of hydrogen-bond donors (Lipinski definition) is 0. The Bertz CT molecular complexity index is 745. The van der Waals surface area contributed by atoms with Gasteiger partial charge in [-0.05, 0) is 36.3 Å². The fourth-order valence-electron chi connectivity index (χ4n) is 3.17. The van der Waals surface area contributed by atoms with E-state index in [1.54, 1.807) is 0 Å². The lowest BCUT2D eigenvalue weighted by Gasteiger charge is -2.34. The number of allylic oxidation sites excluding steroid dienone is 1. The second kappa shape index (κ2) is 7.91. The molecule has 0 aromatic heterocycles. The summed E-state index contributed by atoms with van der Waals surface area (Å²) in [7, 11) is 0. The highest BCUT2D eigenvalue weighted by Crippen LogP contribution is 2.15. The van der Waals surface area contributed by atoms with Crippen LogP contribution in [0.15, 0.2) is 40.9 Å². The quantitative estimate of drug-likeness (QED) is 0.759. The van der Waals surface area contributed by atoms with Gasteiger partial charge in [0.05, 0.1) is 13.1 Å². The fourth-order valence-corrected chi connectivity index (χ4v) is 3.17. The summed E-state index contributed by atoms with van der Waals surface area (Å²) < 4.78 is 13.0. The summed E-state index contributed by atoms with van der Waals surface area (Å²) in [6.45, 7) is 7.41. The van der Waals surface area contributed by atoms with Crippen molar-refractivity contribution in [1.29, 1.82) is 0 Å². The van der Waals surface area contributed by atoms with E-state index in [1.165, 1.54) is 24.3 Å². The van der Waals surface area contributed by atoms with Crippen molar-refractivity contribution in [2.45, 2.75) is 13.8 Å². The lowest BCUT2D eigenvalue weighted by molar-refractivity contribution is -0.128. The molecule has 0 bridgehead atoms. The molecule has 0 unspecified atom stereocenters. The maximum absolute atomic E-state index is 13.0. The van der Waals surface area contributed by atoms with Crippen LogP contribution in [0, 0.1) is 11.7 Å². The molecule has 0 radical (unpaired) electrons. The molecular formula is C20H24FN3O2. The summed E-state index contributed by atoms with van der Waals surface area (Å²) in [6.07, 6.45) is 1.91. The molecule has 0 saturated carbocycles. The van der Waals surface area contributed by atoms with Crippen LogP contribution in [0.1, 0.15) is 24.2 Å². The summed E-state index contributed by atoms with van der Waals surface area (Å²) >= 11 is 0. The molecule has 6 heteroatoms. The first-order chi connectivity index (χ1) is 12.4. The first kappa shape index (κ1) is 18.5. The second-order valence-electron chi connectivity index (χ2n) is 7.06. The van der Waals surface area contributed by atoms with Crippen molar-refractivity contribution in [2.24, 2.45) is 10.9 Å². The van der Waals surface area contributed by atoms with Crippen molar-refractivity contribution in [3.05, 3.63) is 47.3 Å². The third-order valence-electron chi connectivity index (χ3n) is 4.81. The molecule has 1 aromatic carbocycles. The zero-order valence-corrected chi connectivity index (χ0v) is 15.2. The molecule has 2 aliphatic rings. The number of ketones is 1. The van der Waals surface area contributed by atoms with E-state index in [0.29, 0.717) is 44.2 Å². The monoisotopic (exact) mass is 357 g/mol. The molecule has 0 aliphatic carbocycles. The molecule has 2 aliphatic heterocycles. The summed E-state index contributed by atoms with van der Waals surface area (Å²) in [5.41, 5.74) is 2.25. The van der Waals surface area contributed by atoms with E-state index in [1.807, 2.05) is 15.9 Å². The van der Waals surface area contributed by atoms with Crippen LogP contribution in [0.5, 0.6) is 0 Å². The van der Waals surface area contributed by atoms with E-state index in [2.05, 4.69) is 18.8 Å². The first-order valence-electron chi connectivity index (χ1n) is 8.99. The Kier molecular flexibility index (Phi) is 5.61. The number of rotatable bonds is 5. The zero-order valence-electron chi connectivity index (χ0n) is 15.2. The number of piperazine rings is 1. The third kappa shape index (κ3) is 4.25. The van der Waals surface area contributed by atoms with Gasteiger partial charge in [-0.15, -0.1) is 0 Å². The standard InChI is InChI=1S/C20H24FN3O2/c1-14(2)18-11-16(12-22-18)20(26)24-9-7-23(8-10-24)13-19(25)15-3-5-17(21)6-4-15/h3-6,11,14H,7-10,12-13H2,1-2H3. The number of carbonyl (C=O) groups is 2. The summed E-state index contributed by atoms with van der Waals surface area (Å²) in [6, 6.07) is 5.62. The van der Waals surface area contributed by atoms with Crippen LogP contribution in [0.2, 0.25) is 0 Å². The average Bonchev–Trinajstić information content (AvgIpc) is 3.13.